The van der Waals surface area contributed by atoms with Crippen LogP contribution in [0.4, 0.5) is 0 Å². The molecule has 2 aliphatic heterocycles. The van der Waals surface area contributed by atoms with Gasteiger partial charge in [0.1, 0.15) is 12.4 Å². The maximum absolute atomic E-state index is 13.2. The minimum atomic E-state index is -0.247. The van der Waals surface area contributed by atoms with E-state index in [0.29, 0.717) is 26.3 Å². The number of ether oxygens (including phenoxy) is 2. The van der Waals surface area contributed by atoms with Crippen LogP contribution in [0.3, 0.4) is 0 Å². The quantitative estimate of drug-likeness (QED) is 0.658. The molecule has 1 fully saturated rings. The van der Waals surface area contributed by atoms with Gasteiger partial charge in [0, 0.05) is 13.1 Å². The predicted molar refractivity (Wildman–Crippen MR) is 110 cm³/mol. The zero-order valence-electron chi connectivity index (χ0n) is 16.2. The Bertz CT molecular complexity index is 1000. The lowest BCUT2D eigenvalue weighted by molar-refractivity contribution is -0.130. The first-order chi connectivity index (χ1) is 14.3. The fraction of sp³-hybridized carbons (Fsp3) is 0.240. The maximum atomic E-state index is 13.2. The lowest BCUT2D eigenvalue weighted by atomic mass is 9.89. The van der Waals surface area contributed by atoms with Gasteiger partial charge in [-0.25, -0.2) is 0 Å². The Morgan fingerprint density at radius 3 is 2.41 bits per heavy atom. The van der Waals surface area contributed by atoms with Crippen LogP contribution >= 0.6 is 0 Å². The molecule has 3 aromatic carbocycles. The van der Waals surface area contributed by atoms with Crippen LogP contribution in [0.5, 0.6) is 5.75 Å². The molecule has 1 saturated heterocycles. The Labute approximate surface area is 170 Å². The molecule has 0 saturated carbocycles. The smallest absolute Gasteiger partial charge is 0.233 e. The molecule has 0 aliphatic carbocycles. The Morgan fingerprint density at radius 1 is 0.931 bits per heavy atom. The normalized spacial score (nSPS) is 20.3. The molecule has 5 rings (SSSR count). The van der Waals surface area contributed by atoms with E-state index in [1.54, 1.807) is 0 Å². The molecular weight excluding hydrogens is 362 g/mol. The summed E-state index contributed by atoms with van der Waals surface area (Å²) in [6.45, 7) is 2.31. The van der Waals surface area contributed by atoms with Crippen molar-refractivity contribution in [2.45, 2.75) is 31.8 Å². The van der Waals surface area contributed by atoms with Gasteiger partial charge in [-0.1, -0.05) is 66.7 Å². The van der Waals surface area contributed by atoms with E-state index in [1.165, 1.54) is 0 Å². The molecule has 146 valence electrons. The van der Waals surface area contributed by atoms with E-state index in [2.05, 4.69) is 12.1 Å². The molecule has 0 bridgehead atoms. The molecule has 4 heteroatoms. The summed E-state index contributed by atoms with van der Waals surface area (Å²) in [4.78, 5) is 15.1. The monoisotopic (exact) mass is 385 g/mol. The summed E-state index contributed by atoms with van der Waals surface area (Å²) in [5.74, 6) is 0.685. The van der Waals surface area contributed by atoms with E-state index in [9.17, 15) is 4.79 Å². The summed E-state index contributed by atoms with van der Waals surface area (Å²) in [7, 11) is 0. The van der Waals surface area contributed by atoms with Crippen LogP contribution in [0.25, 0.3) is 0 Å². The van der Waals surface area contributed by atoms with Crippen LogP contribution in [-0.2, 0) is 29.3 Å². The van der Waals surface area contributed by atoms with Gasteiger partial charge in [0.25, 0.3) is 0 Å². The summed E-state index contributed by atoms with van der Waals surface area (Å²) in [5.41, 5.74) is 4.39. The van der Waals surface area contributed by atoms with E-state index in [-0.39, 0.29) is 17.9 Å². The zero-order valence-corrected chi connectivity index (χ0v) is 16.2. The molecule has 29 heavy (non-hydrogen) atoms. The van der Waals surface area contributed by atoms with Crippen molar-refractivity contribution in [2.75, 3.05) is 6.54 Å². The molecule has 0 radical (unpaired) electrons. The number of fused-ring (bicyclic) bond motifs is 3. The van der Waals surface area contributed by atoms with Crippen molar-refractivity contribution in [3.63, 3.8) is 0 Å². The van der Waals surface area contributed by atoms with Crippen LogP contribution in [0.15, 0.2) is 78.9 Å². The number of benzene rings is 3. The highest BCUT2D eigenvalue weighted by molar-refractivity contribution is 5.87. The average Bonchev–Trinajstić information content (AvgIpc) is 3.09. The van der Waals surface area contributed by atoms with E-state index >= 15 is 0 Å². The van der Waals surface area contributed by atoms with Crippen LogP contribution in [0.2, 0.25) is 0 Å². The van der Waals surface area contributed by atoms with Gasteiger partial charge in [0.2, 0.25) is 5.91 Å². The van der Waals surface area contributed by atoms with Gasteiger partial charge < -0.3 is 14.4 Å². The van der Waals surface area contributed by atoms with Crippen molar-refractivity contribution >= 4 is 5.91 Å². The molecule has 4 nitrogen and oxygen atoms in total. The van der Waals surface area contributed by atoms with Gasteiger partial charge in [0.05, 0.1) is 18.6 Å². The van der Waals surface area contributed by atoms with Crippen LogP contribution < -0.4 is 4.74 Å². The van der Waals surface area contributed by atoms with Crippen LogP contribution in [0.1, 0.15) is 28.2 Å². The Hall–Kier alpha value is -3.11. The summed E-state index contributed by atoms with van der Waals surface area (Å²) in [6, 6.07) is 26.2. The van der Waals surface area contributed by atoms with Crippen molar-refractivity contribution in [2.24, 2.45) is 0 Å². The first-order valence-electron chi connectivity index (χ1n) is 10.0. The third kappa shape index (κ3) is 3.64. The molecule has 0 N–H and O–H groups in total. The van der Waals surface area contributed by atoms with Gasteiger partial charge in [-0.2, -0.15) is 0 Å². The maximum Gasteiger partial charge on any atom is 0.233 e. The van der Waals surface area contributed by atoms with E-state index in [0.717, 1.165) is 28.0 Å². The van der Waals surface area contributed by atoms with Gasteiger partial charge >= 0.3 is 0 Å². The standard InChI is InChI=1S/C25H23NO3/c27-25-24-22-13-21(28-16-19-9-5-2-6-10-19)12-11-20(22)17-29-23(24)15-26(25)14-18-7-3-1-4-8-18/h1-13,23-24H,14-17H2/t23-,24?/m0/s1. The predicted octanol–water partition coefficient (Wildman–Crippen LogP) is 4.29. The Morgan fingerprint density at radius 2 is 1.66 bits per heavy atom. The number of carbonyl (C=O) groups is 1. The van der Waals surface area contributed by atoms with Gasteiger partial charge in [-0.05, 0) is 34.4 Å². The van der Waals surface area contributed by atoms with E-state index in [1.807, 2.05) is 71.6 Å². The second-order valence-corrected chi connectivity index (χ2v) is 7.67. The molecule has 0 aromatic heterocycles. The van der Waals surface area contributed by atoms with Crippen LogP contribution in [0, 0.1) is 0 Å². The lowest BCUT2D eigenvalue weighted by Crippen LogP contribution is -2.28. The van der Waals surface area contributed by atoms with Gasteiger partial charge in [0.15, 0.2) is 0 Å². The average molecular weight is 385 g/mol. The van der Waals surface area contributed by atoms with E-state index < -0.39 is 0 Å². The summed E-state index contributed by atoms with van der Waals surface area (Å²) < 4.78 is 12.0. The third-order valence-electron chi connectivity index (χ3n) is 5.72. The highest BCUT2D eigenvalue weighted by Gasteiger charge is 2.45. The largest absolute Gasteiger partial charge is 0.489 e. The van der Waals surface area contributed by atoms with Crippen LogP contribution in [-0.4, -0.2) is 23.5 Å². The third-order valence-corrected chi connectivity index (χ3v) is 5.72. The molecule has 2 heterocycles. The Balaban J connectivity index is 1.35. The number of amides is 1. The number of hydrogen-bond acceptors (Lipinski definition) is 3. The first-order valence-corrected chi connectivity index (χ1v) is 10.0. The van der Waals surface area contributed by atoms with Crippen molar-refractivity contribution in [3.05, 3.63) is 101 Å². The highest BCUT2D eigenvalue weighted by atomic mass is 16.5. The lowest BCUT2D eigenvalue weighted by Gasteiger charge is -2.26. The summed E-state index contributed by atoms with van der Waals surface area (Å²) in [5, 5.41) is 0. The van der Waals surface area contributed by atoms with Crippen molar-refractivity contribution < 1.29 is 14.3 Å². The summed E-state index contributed by atoms with van der Waals surface area (Å²) >= 11 is 0. The number of nitrogens with zero attached hydrogens (tertiary/aromatic N) is 1. The zero-order chi connectivity index (χ0) is 19.6. The van der Waals surface area contributed by atoms with Crippen molar-refractivity contribution in [1.82, 2.24) is 4.90 Å². The molecule has 2 aliphatic rings. The molecule has 1 unspecified atom stereocenters. The number of likely N-dealkylation sites (tertiary alicyclic amines) is 1. The SMILES string of the molecule is O=C1C2c3cc(OCc4ccccc4)ccc3CO[C@H]2CN1Cc1ccccc1. The number of carbonyl (C=O) groups excluding carboxylic acids is 1. The molecular formula is C25H23NO3. The second-order valence-electron chi connectivity index (χ2n) is 7.67. The topological polar surface area (TPSA) is 38.8 Å². The Kier molecular flexibility index (Phi) is 4.78. The fourth-order valence-corrected chi connectivity index (χ4v) is 4.22. The second kappa shape index (κ2) is 7.72. The van der Waals surface area contributed by atoms with Crippen molar-refractivity contribution in [1.29, 1.82) is 0 Å². The molecule has 0 spiro atoms. The van der Waals surface area contributed by atoms with Crippen molar-refractivity contribution in [3.8, 4) is 5.75 Å². The summed E-state index contributed by atoms with van der Waals surface area (Å²) in [6.07, 6.45) is -0.0944. The van der Waals surface area contributed by atoms with Gasteiger partial charge in [-0.15, -0.1) is 0 Å². The minimum Gasteiger partial charge on any atom is -0.489 e. The molecule has 2 atom stereocenters. The van der Waals surface area contributed by atoms with Gasteiger partial charge in [-0.3, -0.25) is 4.79 Å². The number of hydrogen-bond donors (Lipinski definition) is 0. The molecule has 3 aromatic rings. The minimum absolute atomic E-state index is 0.0944. The number of rotatable bonds is 5. The highest BCUT2D eigenvalue weighted by Crippen LogP contribution is 2.39. The van der Waals surface area contributed by atoms with E-state index in [4.69, 9.17) is 9.47 Å². The first kappa shape index (κ1) is 18.0. The fourth-order valence-electron chi connectivity index (χ4n) is 4.22. The molecule has 1 amide bonds.